The highest BCUT2D eigenvalue weighted by molar-refractivity contribution is 7.89. The van der Waals surface area contributed by atoms with Crippen LogP contribution in [0.2, 0.25) is 0 Å². The van der Waals surface area contributed by atoms with E-state index in [-0.39, 0.29) is 29.3 Å². The van der Waals surface area contributed by atoms with Crippen LogP contribution in [0.1, 0.15) is 19.4 Å². The molecule has 1 rings (SSSR count). The number of halogens is 2. The molecule has 0 heterocycles. The Morgan fingerprint density at radius 2 is 1.90 bits per heavy atom. The van der Waals surface area contributed by atoms with E-state index in [1.807, 2.05) is 13.8 Å². The number of aryl methyl sites for hydroxylation is 1. The van der Waals surface area contributed by atoms with Crippen LogP contribution in [0.3, 0.4) is 0 Å². The number of sulfonamides is 1. The summed E-state index contributed by atoms with van der Waals surface area (Å²) in [6.45, 7) is 6.03. The van der Waals surface area contributed by atoms with Gasteiger partial charge < -0.3 is 5.73 Å². The lowest BCUT2D eigenvalue weighted by Crippen LogP contribution is -2.40. The summed E-state index contributed by atoms with van der Waals surface area (Å²) in [6.07, 6.45) is 0. The van der Waals surface area contributed by atoms with Crippen LogP contribution in [-0.4, -0.2) is 32.9 Å². The number of nitrogens with two attached hydrogens (primary N) is 1. The average molecular weight is 325 g/mol. The molecular weight excluding hydrogens is 303 g/mol. The largest absolute Gasteiger partial charge is 0.330 e. The first kappa shape index (κ1) is 19.3. The van der Waals surface area contributed by atoms with E-state index < -0.39 is 15.8 Å². The Balaban J connectivity index is 0.00000361. The summed E-state index contributed by atoms with van der Waals surface area (Å²) in [5.41, 5.74) is 5.91. The second-order valence-corrected chi connectivity index (χ2v) is 7.58. The molecule has 0 amide bonds. The molecule has 116 valence electrons. The van der Waals surface area contributed by atoms with E-state index in [2.05, 4.69) is 0 Å². The zero-order valence-corrected chi connectivity index (χ0v) is 13.8. The molecule has 20 heavy (non-hydrogen) atoms. The third kappa shape index (κ3) is 4.41. The highest BCUT2D eigenvalue weighted by Gasteiger charge is 2.29. The zero-order chi connectivity index (χ0) is 14.8. The third-order valence-electron chi connectivity index (χ3n) is 2.98. The van der Waals surface area contributed by atoms with Crippen LogP contribution in [-0.2, 0) is 10.0 Å². The van der Waals surface area contributed by atoms with Gasteiger partial charge in [-0.2, -0.15) is 0 Å². The standard InChI is InChI=1S/C13H21FN2O2S.ClH/c1-10-5-6-12(11(14)7-10)19(17,18)16(4)9-13(2,3)8-15;/h5-7H,8-9,15H2,1-4H3;1H. The van der Waals surface area contributed by atoms with Gasteiger partial charge in [0.15, 0.2) is 0 Å². The maximum absolute atomic E-state index is 13.8. The Morgan fingerprint density at radius 3 is 2.35 bits per heavy atom. The molecule has 0 aromatic heterocycles. The topological polar surface area (TPSA) is 63.4 Å². The van der Waals surface area contributed by atoms with Gasteiger partial charge in [-0.3, -0.25) is 0 Å². The van der Waals surface area contributed by atoms with Crippen LogP contribution in [0.4, 0.5) is 4.39 Å². The molecule has 0 spiro atoms. The van der Waals surface area contributed by atoms with Gasteiger partial charge in [-0.05, 0) is 36.6 Å². The van der Waals surface area contributed by atoms with Gasteiger partial charge in [-0.15, -0.1) is 12.4 Å². The number of rotatable bonds is 5. The van der Waals surface area contributed by atoms with Crippen molar-refractivity contribution >= 4 is 22.4 Å². The molecule has 1 aromatic carbocycles. The zero-order valence-electron chi connectivity index (χ0n) is 12.2. The molecule has 0 fully saturated rings. The van der Waals surface area contributed by atoms with E-state index in [9.17, 15) is 12.8 Å². The fourth-order valence-electron chi connectivity index (χ4n) is 1.74. The summed E-state index contributed by atoms with van der Waals surface area (Å²) in [4.78, 5) is -0.298. The SMILES string of the molecule is Cc1ccc(S(=O)(=O)N(C)CC(C)(C)CN)c(F)c1.Cl. The van der Waals surface area contributed by atoms with Crippen molar-refractivity contribution in [1.29, 1.82) is 0 Å². The van der Waals surface area contributed by atoms with E-state index in [1.165, 1.54) is 19.2 Å². The van der Waals surface area contributed by atoms with Crippen molar-refractivity contribution in [1.82, 2.24) is 4.31 Å². The molecule has 1 aromatic rings. The Kier molecular flexibility index (Phi) is 6.61. The Labute approximate surface area is 126 Å². The molecule has 4 nitrogen and oxygen atoms in total. The lowest BCUT2D eigenvalue weighted by molar-refractivity contribution is 0.291. The number of hydrogen-bond donors (Lipinski definition) is 1. The Bertz CT molecular complexity index is 561. The number of benzene rings is 1. The quantitative estimate of drug-likeness (QED) is 0.902. The van der Waals surface area contributed by atoms with Gasteiger partial charge in [0.25, 0.3) is 0 Å². The van der Waals surface area contributed by atoms with Gasteiger partial charge in [-0.1, -0.05) is 19.9 Å². The van der Waals surface area contributed by atoms with E-state index in [4.69, 9.17) is 5.73 Å². The van der Waals surface area contributed by atoms with Crippen molar-refractivity contribution in [3.63, 3.8) is 0 Å². The van der Waals surface area contributed by atoms with Gasteiger partial charge in [0, 0.05) is 13.6 Å². The van der Waals surface area contributed by atoms with Crippen LogP contribution in [0.15, 0.2) is 23.1 Å². The number of hydrogen-bond acceptors (Lipinski definition) is 3. The molecule has 0 saturated carbocycles. The first-order chi connectivity index (χ1) is 8.60. The molecule has 0 aliphatic heterocycles. The molecule has 7 heteroatoms. The molecule has 2 N–H and O–H groups in total. The van der Waals surface area contributed by atoms with Crippen molar-refractivity contribution in [3.8, 4) is 0 Å². The van der Waals surface area contributed by atoms with Gasteiger partial charge >= 0.3 is 0 Å². The fourth-order valence-corrected chi connectivity index (χ4v) is 3.14. The van der Waals surface area contributed by atoms with Crippen molar-refractivity contribution in [3.05, 3.63) is 29.6 Å². The highest BCUT2D eigenvalue weighted by atomic mass is 35.5. The molecule has 0 aliphatic carbocycles. The first-order valence-corrected chi connectivity index (χ1v) is 7.47. The Morgan fingerprint density at radius 1 is 1.35 bits per heavy atom. The molecule has 0 atom stereocenters. The van der Waals surface area contributed by atoms with E-state index in [0.29, 0.717) is 12.1 Å². The normalized spacial score (nSPS) is 12.3. The lowest BCUT2D eigenvalue weighted by atomic mass is 9.94. The van der Waals surface area contributed by atoms with Crippen molar-refractivity contribution < 1.29 is 12.8 Å². The molecular formula is C13H22ClFN2O2S. The van der Waals surface area contributed by atoms with Gasteiger partial charge in [0.2, 0.25) is 10.0 Å². The maximum Gasteiger partial charge on any atom is 0.245 e. The predicted molar refractivity (Wildman–Crippen MR) is 81.0 cm³/mol. The van der Waals surface area contributed by atoms with Crippen LogP contribution in [0.5, 0.6) is 0 Å². The third-order valence-corrected chi connectivity index (χ3v) is 4.82. The van der Waals surface area contributed by atoms with Crippen molar-refractivity contribution in [2.24, 2.45) is 11.1 Å². The van der Waals surface area contributed by atoms with Gasteiger partial charge in [-0.25, -0.2) is 17.1 Å². The van der Waals surface area contributed by atoms with E-state index in [0.717, 1.165) is 4.31 Å². The lowest BCUT2D eigenvalue weighted by Gasteiger charge is -2.28. The van der Waals surface area contributed by atoms with Crippen LogP contribution in [0.25, 0.3) is 0 Å². The minimum absolute atomic E-state index is 0. The van der Waals surface area contributed by atoms with Gasteiger partial charge in [0.05, 0.1) is 0 Å². The first-order valence-electron chi connectivity index (χ1n) is 6.03. The molecule has 0 saturated heterocycles. The molecule has 0 unspecified atom stereocenters. The molecule has 0 bridgehead atoms. The smallest absolute Gasteiger partial charge is 0.245 e. The van der Waals surface area contributed by atoms with Crippen LogP contribution < -0.4 is 5.73 Å². The minimum Gasteiger partial charge on any atom is -0.330 e. The second kappa shape index (κ2) is 6.85. The van der Waals surface area contributed by atoms with Crippen LogP contribution >= 0.6 is 12.4 Å². The summed E-state index contributed by atoms with van der Waals surface area (Å²) in [5.74, 6) is -0.725. The monoisotopic (exact) mass is 324 g/mol. The van der Waals surface area contributed by atoms with Crippen molar-refractivity contribution in [2.45, 2.75) is 25.7 Å². The summed E-state index contributed by atoms with van der Waals surface area (Å²) in [7, 11) is -2.39. The van der Waals surface area contributed by atoms with Gasteiger partial charge in [0.1, 0.15) is 10.7 Å². The summed E-state index contributed by atoms with van der Waals surface area (Å²) >= 11 is 0. The minimum atomic E-state index is -3.83. The van der Waals surface area contributed by atoms with E-state index in [1.54, 1.807) is 13.0 Å². The Hall–Kier alpha value is -0.690. The van der Waals surface area contributed by atoms with Crippen molar-refractivity contribution in [2.75, 3.05) is 20.1 Å². The molecule has 0 radical (unpaired) electrons. The second-order valence-electron chi connectivity index (χ2n) is 5.56. The fraction of sp³-hybridized carbons (Fsp3) is 0.538. The predicted octanol–water partition coefficient (Wildman–Crippen LogP) is 2.16. The summed E-state index contributed by atoms with van der Waals surface area (Å²) in [5, 5.41) is 0. The number of nitrogens with zero attached hydrogens (tertiary/aromatic N) is 1. The summed E-state index contributed by atoms with van der Waals surface area (Å²) in [6, 6.07) is 4.10. The molecule has 0 aliphatic rings. The van der Waals surface area contributed by atoms with Crippen LogP contribution in [0, 0.1) is 18.2 Å². The highest BCUT2D eigenvalue weighted by Crippen LogP contribution is 2.23. The van der Waals surface area contributed by atoms with E-state index >= 15 is 0 Å². The summed E-state index contributed by atoms with van der Waals surface area (Å²) < 4.78 is 39.5. The average Bonchev–Trinajstić information content (AvgIpc) is 2.27. The maximum atomic E-state index is 13.8.